The number of halogens is 1. The molecule has 0 aliphatic carbocycles. The highest BCUT2D eigenvalue weighted by Crippen LogP contribution is 2.27. The second kappa shape index (κ2) is 8.62. The van der Waals surface area contributed by atoms with Crippen LogP contribution in [0.5, 0.6) is 0 Å². The molecule has 2 aliphatic rings. The summed E-state index contributed by atoms with van der Waals surface area (Å²) in [6.07, 6.45) is 5.76. The third-order valence-corrected chi connectivity index (χ3v) is 6.77. The van der Waals surface area contributed by atoms with Gasteiger partial charge in [0.1, 0.15) is 11.6 Å². The van der Waals surface area contributed by atoms with Gasteiger partial charge in [-0.25, -0.2) is 9.37 Å². The van der Waals surface area contributed by atoms with Gasteiger partial charge in [0.2, 0.25) is 0 Å². The molecule has 0 spiro atoms. The van der Waals surface area contributed by atoms with E-state index >= 15 is 0 Å². The third kappa shape index (κ3) is 4.39. The number of nitrogens with one attached hydrogen (secondary N) is 2. The summed E-state index contributed by atoms with van der Waals surface area (Å²) < 4.78 is 13.2. The van der Waals surface area contributed by atoms with Crippen molar-refractivity contribution in [3.05, 3.63) is 69.2 Å². The van der Waals surface area contributed by atoms with Crippen molar-refractivity contribution in [2.24, 2.45) is 5.92 Å². The Morgan fingerprint density at radius 1 is 1.32 bits per heavy atom. The van der Waals surface area contributed by atoms with Crippen LogP contribution in [-0.2, 0) is 18.6 Å². The maximum absolute atomic E-state index is 13.2. The number of thioether (sulfide) groups is 1. The summed E-state index contributed by atoms with van der Waals surface area (Å²) in [6.45, 7) is 3.08. The first-order valence-corrected chi connectivity index (χ1v) is 11.1. The standard InChI is InChI=1S/C22H26FN3OS/c1-14(2-7-21-25-19-9-11-28-13-18(19)22(27)26-21)20-12-16(8-10-24-20)15-3-5-17(23)6-4-15/h3-6,8,14,20,24H,2,7,9-13H2,1H3,(H,25,26,27). The minimum Gasteiger partial charge on any atom is -0.310 e. The number of hydrogen-bond acceptors (Lipinski definition) is 4. The van der Waals surface area contributed by atoms with Gasteiger partial charge in [0, 0.05) is 30.3 Å². The summed E-state index contributed by atoms with van der Waals surface area (Å²) in [7, 11) is 0. The summed E-state index contributed by atoms with van der Waals surface area (Å²) in [4.78, 5) is 20.0. The Balaban J connectivity index is 1.38. The van der Waals surface area contributed by atoms with Crippen molar-refractivity contribution in [3.8, 4) is 0 Å². The number of benzene rings is 1. The smallest absolute Gasteiger partial charge is 0.255 e. The number of H-pyrrole nitrogens is 1. The van der Waals surface area contributed by atoms with Crippen molar-refractivity contribution >= 4 is 17.3 Å². The van der Waals surface area contributed by atoms with Gasteiger partial charge < -0.3 is 10.3 Å². The van der Waals surface area contributed by atoms with E-state index in [9.17, 15) is 9.18 Å². The number of hydrogen-bond donors (Lipinski definition) is 2. The van der Waals surface area contributed by atoms with Crippen LogP contribution in [0.2, 0.25) is 0 Å². The van der Waals surface area contributed by atoms with Crippen LogP contribution in [0.3, 0.4) is 0 Å². The lowest BCUT2D eigenvalue weighted by Crippen LogP contribution is -2.38. The summed E-state index contributed by atoms with van der Waals surface area (Å²) >= 11 is 1.80. The zero-order chi connectivity index (χ0) is 19.5. The van der Waals surface area contributed by atoms with E-state index in [0.29, 0.717) is 12.0 Å². The fourth-order valence-electron chi connectivity index (χ4n) is 4.01. The molecular weight excluding hydrogens is 373 g/mol. The lowest BCUT2D eigenvalue weighted by molar-refractivity contribution is 0.364. The van der Waals surface area contributed by atoms with Crippen LogP contribution in [-0.4, -0.2) is 28.3 Å². The molecule has 0 bridgehead atoms. The quantitative estimate of drug-likeness (QED) is 0.805. The highest BCUT2D eigenvalue weighted by molar-refractivity contribution is 7.98. The van der Waals surface area contributed by atoms with Gasteiger partial charge in [-0.15, -0.1) is 0 Å². The maximum Gasteiger partial charge on any atom is 0.255 e. The van der Waals surface area contributed by atoms with Crippen molar-refractivity contribution in [1.82, 2.24) is 15.3 Å². The fraction of sp³-hybridized carbons (Fsp3) is 0.455. The summed E-state index contributed by atoms with van der Waals surface area (Å²) in [5, 5.41) is 3.58. The van der Waals surface area contributed by atoms with Crippen LogP contribution in [0, 0.1) is 11.7 Å². The van der Waals surface area contributed by atoms with E-state index in [-0.39, 0.29) is 11.4 Å². The van der Waals surface area contributed by atoms with E-state index in [2.05, 4.69) is 23.3 Å². The summed E-state index contributed by atoms with van der Waals surface area (Å²) in [5.74, 6) is 2.88. The van der Waals surface area contributed by atoms with Gasteiger partial charge in [0.15, 0.2) is 0 Å². The van der Waals surface area contributed by atoms with Gasteiger partial charge >= 0.3 is 0 Å². The van der Waals surface area contributed by atoms with Crippen molar-refractivity contribution in [2.75, 3.05) is 12.3 Å². The van der Waals surface area contributed by atoms with Gasteiger partial charge in [-0.3, -0.25) is 4.79 Å². The molecule has 2 aromatic rings. The zero-order valence-corrected chi connectivity index (χ0v) is 16.9. The molecule has 28 heavy (non-hydrogen) atoms. The predicted molar refractivity (Wildman–Crippen MR) is 113 cm³/mol. The number of nitrogens with zero attached hydrogens (tertiary/aromatic N) is 1. The van der Waals surface area contributed by atoms with Crippen LogP contribution in [0.1, 0.15) is 42.4 Å². The van der Waals surface area contributed by atoms with Crippen molar-refractivity contribution in [1.29, 1.82) is 0 Å². The first-order chi connectivity index (χ1) is 13.6. The third-order valence-electron chi connectivity index (χ3n) is 5.79. The largest absolute Gasteiger partial charge is 0.310 e. The number of aryl methyl sites for hydroxylation is 2. The molecule has 0 amide bonds. The zero-order valence-electron chi connectivity index (χ0n) is 16.1. The molecule has 0 saturated carbocycles. The number of fused-ring (bicyclic) bond motifs is 1. The molecule has 148 valence electrons. The van der Waals surface area contributed by atoms with Gasteiger partial charge in [-0.1, -0.05) is 25.1 Å². The highest BCUT2D eigenvalue weighted by Gasteiger charge is 2.22. The fourth-order valence-corrected chi connectivity index (χ4v) is 4.99. The molecule has 6 heteroatoms. The minimum atomic E-state index is -0.201. The highest BCUT2D eigenvalue weighted by atomic mass is 32.2. The van der Waals surface area contributed by atoms with E-state index in [1.54, 1.807) is 11.8 Å². The van der Waals surface area contributed by atoms with Gasteiger partial charge in [-0.2, -0.15) is 11.8 Å². The van der Waals surface area contributed by atoms with Crippen molar-refractivity contribution < 1.29 is 4.39 Å². The molecule has 2 N–H and O–H groups in total. The van der Waals surface area contributed by atoms with Gasteiger partial charge in [-0.05, 0) is 54.2 Å². The number of aromatic nitrogens is 2. The van der Waals surface area contributed by atoms with E-state index in [4.69, 9.17) is 4.98 Å². The summed E-state index contributed by atoms with van der Waals surface area (Å²) in [5.41, 5.74) is 4.25. The normalized spacial score (nSPS) is 20.4. The van der Waals surface area contributed by atoms with Crippen LogP contribution in [0.15, 0.2) is 35.1 Å². The topological polar surface area (TPSA) is 57.8 Å². The van der Waals surface area contributed by atoms with E-state index < -0.39 is 0 Å². The lowest BCUT2D eigenvalue weighted by Gasteiger charge is -2.29. The molecule has 1 aromatic carbocycles. The average molecular weight is 400 g/mol. The average Bonchev–Trinajstić information content (AvgIpc) is 2.73. The minimum absolute atomic E-state index is 0.0390. The van der Waals surface area contributed by atoms with E-state index in [1.165, 1.54) is 17.7 Å². The Kier molecular flexibility index (Phi) is 5.97. The first-order valence-electron chi connectivity index (χ1n) is 9.97. The Bertz CT molecular complexity index is 922. The van der Waals surface area contributed by atoms with Gasteiger partial charge in [0.05, 0.1) is 5.69 Å². The summed E-state index contributed by atoms with van der Waals surface area (Å²) in [6, 6.07) is 7.12. The van der Waals surface area contributed by atoms with Gasteiger partial charge in [0.25, 0.3) is 5.56 Å². The Labute approximate surface area is 169 Å². The first kappa shape index (κ1) is 19.4. The molecule has 0 radical (unpaired) electrons. The van der Waals surface area contributed by atoms with E-state index in [0.717, 1.165) is 66.4 Å². The molecule has 0 saturated heterocycles. The molecule has 2 atom stereocenters. The SMILES string of the molecule is CC(CCc1nc2c(c(=O)[nH]1)CSCC2)C1CC(c2ccc(F)cc2)=CCN1. The Hall–Kier alpha value is -1.92. The van der Waals surface area contributed by atoms with Crippen LogP contribution in [0.25, 0.3) is 5.57 Å². The Morgan fingerprint density at radius 2 is 2.14 bits per heavy atom. The molecule has 2 unspecified atom stereocenters. The van der Waals surface area contributed by atoms with Crippen LogP contribution >= 0.6 is 11.8 Å². The molecule has 3 heterocycles. The maximum atomic E-state index is 13.2. The van der Waals surface area contributed by atoms with Crippen LogP contribution < -0.4 is 10.9 Å². The molecule has 0 fully saturated rings. The molecule has 1 aromatic heterocycles. The molecule has 4 nitrogen and oxygen atoms in total. The number of aromatic amines is 1. The van der Waals surface area contributed by atoms with Crippen molar-refractivity contribution in [2.45, 2.75) is 44.4 Å². The van der Waals surface area contributed by atoms with Crippen molar-refractivity contribution in [3.63, 3.8) is 0 Å². The molecule has 4 rings (SSSR count). The molecular formula is C22H26FN3OS. The molecule has 2 aliphatic heterocycles. The van der Waals surface area contributed by atoms with Crippen LogP contribution in [0.4, 0.5) is 4.39 Å². The predicted octanol–water partition coefficient (Wildman–Crippen LogP) is 3.71. The lowest BCUT2D eigenvalue weighted by atomic mass is 9.86. The van der Waals surface area contributed by atoms with E-state index in [1.807, 2.05) is 12.1 Å². The number of rotatable bonds is 5. The second-order valence-corrected chi connectivity index (χ2v) is 8.82. The monoisotopic (exact) mass is 399 g/mol. The second-order valence-electron chi connectivity index (χ2n) is 7.71. The Morgan fingerprint density at radius 3 is 2.96 bits per heavy atom.